The van der Waals surface area contributed by atoms with Crippen LogP contribution in [0.25, 0.3) is 0 Å². The largest absolute Gasteiger partial charge is 0.378 e. The van der Waals surface area contributed by atoms with Gasteiger partial charge in [0.15, 0.2) is 0 Å². The molecule has 1 aromatic heterocycles. The normalized spacial score (nSPS) is 17.5. The Labute approximate surface area is 176 Å². The molecular formula is C21H27N5O2S. The Kier molecular flexibility index (Phi) is 6.20. The number of morpholine rings is 1. The maximum Gasteiger partial charge on any atom is 0.253 e. The highest BCUT2D eigenvalue weighted by Gasteiger charge is 2.24. The van der Waals surface area contributed by atoms with Gasteiger partial charge >= 0.3 is 0 Å². The third-order valence-electron chi connectivity index (χ3n) is 5.35. The van der Waals surface area contributed by atoms with Crippen molar-refractivity contribution in [3.05, 3.63) is 41.6 Å². The third-order valence-corrected chi connectivity index (χ3v) is 6.09. The van der Waals surface area contributed by atoms with Crippen molar-refractivity contribution in [1.82, 2.24) is 14.9 Å². The number of ether oxygens (including phenoxy) is 1. The van der Waals surface area contributed by atoms with Crippen LogP contribution in [-0.4, -0.2) is 79.5 Å². The molecular weight excluding hydrogens is 386 g/mol. The molecule has 0 atom stereocenters. The van der Waals surface area contributed by atoms with Crippen molar-refractivity contribution in [2.45, 2.75) is 11.8 Å². The lowest BCUT2D eigenvalue weighted by Gasteiger charge is -2.36. The van der Waals surface area contributed by atoms with Crippen LogP contribution in [0.1, 0.15) is 16.1 Å². The second-order valence-electron chi connectivity index (χ2n) is 7.27. The van der Waals surface area contributed by atoms with Crippen molar-refractivity contribution in [2.75, 3.05) is 68.5 Å². The van der Waals surface area contributed by atoms with Crippen molar-refractivity contribution in [2.24, 2.45) is 0 Å². The summed E-state index contributed by atoms with van der Waals surface area (Å²) in [5, 5.41) is 0. The van der Waals surface area contributed by atoms with Crippen molar-refractivity contribution < 1.29 is 9.53 Å². The van der Waals surface area contributed by atoms with Crippen LogP contribution < -0.4 is 9.80 Å². The Hall–Kier alpha value is -2.32. The van der Waals surface area contributed by atoms with Crippen LogP contribution in [0.3, 0.4) is 0 Å². The van der Waals surface area contributed by atoms with Crippen LogP contribution in [0.2, 0.25) is 0 Å². The quantitative estimate of drug-likeness (QED) is 0.713. The van der Waals surface area contributed by atoms with E-state index in [1.807, 2.05) is 48.4 Å². The minimum atomic E-state index is 0.102. The molecule has 4 rings (SSSR count). The summed E-state index contributed by atoms with van der Waals surface area (Å²) in [6, 6.07) is 9.88. The fourth-order valence-electron chi connectivity index (χ4n) is 3.66. The van der Waals surface area contributed by atoms with E-state index < -0.39 is 0 Å². The van der Waals surface area contributed by atoms with E-state index in [9.17, 15) is 4.79 Å². The SMILES string of the molecule is CSc1ccc(C(=O)N2CCN(c3cc(C)nc(N4CCOCC4)n3)CC2)cc1. The van der Waals surface area contributed by atoms with Crippen molar-refractivity contribution >= 4 is 29.4 Å². The lowest BCUT2D eigenvalue weighted by molar-refractivity contribution is 0.0746. The van der Waals surface area contributed by atoms with Gasteiger partial charge in [0.05, 0.1) is 13.2 Å². The summed E-state index contributed by atoms with van der Waals surface area (Å²) in [5.41, 5.74) is 1.72. The number of aromatic nitrogens is 2. The van der Waals surface area contributed by atoms with Crippen LogP contribution in [0, 0.1) is 6.92 Å². The Morgan fingerprint density at radius 3 is 2.31 bits per heavy atom. The monoisotopic (exact) mass is 413 g/mol. The molecule has 3 heterocycles. The lowest BCUT2D eigenvalue weighted by Crippen LogP contribution is -2.49. The Morgan fingerprint density at radius 2 is 1.66 bits per heavy atom. The average molecular weight is 414 g/mol. The first-order valence-corrected chi connectivity index (χ1v) is 11.2. The number of piperazine rings is 1. The summed E-state index contributed by atoms with van der Waals surface area (Å²) < 4.78 is 5.44. The average Bonchev–Trinajstić information content (AvgIpc) is 2.79. The standard InChI is InChI=1S/C21H27N5O2S/c1-16-15-19(23-21(22-16)26-11-13-28-14-12-26)24-7-9-25(10-8-24)20(27)17-3-5-18(29-2)6-4-17/h3-6,15H,7-14H2,1-2H3. The molecule has 0 N–H and O–H groups in total. The van der Waals surface area contributed by atoms with Gasteiger partial charge < -0.3 is 19.4 Å². The Bertz CT molecular complexity index is 847. The number of nitrogens with zero attached hydrogens (tertiary/aromatic N) is 5. The van der Waals surface area contributed by atoms with Gasteiger partial charge in [-0.25, -0.2) is 4.98 Å². The highest BCUT2D eigenvalue weighted by molar-refractivity contribution is 7.98. The van der Waals surface area contributed by atoms with E-state index in [2.05, 4.69) is 14.8 Å². The summed E-state index contributed by atoms with van der Waals surface area (Å²) in [7, 11) is 0. The zero-order chi connectivity index (χ0) is 20.2. The molecule has 0 bridgehead atoms. The summed E-state index contributed by atoms with van der Waals surface area (Å²) >= 11 is 1.68. The summed E-state index contributed by atoms with van der Waals surface area (Å²) in [5.74, 6) is 1.82. The summed E-state index contributed by atoms with van der Waals surface area (Å²) in [6.07, 6.45) is 2.04. The molecule has 0 aliphatic carbocycles. The predicted octanol–water partition coefficient (Wildman–Crippen LogP) is 2.31. The van der Waals surface area contributed by atoms with Gasteiger partial charge in [-0.05, 0) is 37.4 Å². The van der Waals surface area contributed by atoms with Gasteiger partial charge in [-0.1, -0.05) is 0 Å². The number of benzene rings is 1. The number of amides is 1. The van der Waals surface area contributed by atoms with Crippen molar-refractivity contribution in [1.29, 1.82) is 0 Å². The minimum Gasteiger partial charge on any atom is -0.378 e. The number of aryl methyl sites for hydroxylation is 1. The molecule has 2 saturated heterocycles. The van der Waals surface area contributed by atoms with Gasteiger partial charge in [0, 0.05) is 61.5 Å². The number of rotatable bonds is 4. The molecule has 154 valence electrons. The molecule has 1 aromatic carbocycles. The van der Waals surface area contributed by atoms with Gasteiger partial charge in [-0.3, -0.25) is 4.79 Å². The Morgan fingerprint density at radius 1 is 0.966 bits per heavy atom. The van der Waals surface area contributed by atoms with E-state index in [1.54, 1.807) is 11.8 Å². The van der Waals surface area contributed by atoms with E-state index in [4.69, 9.17) is 9.72 Å². The molecule has 29 heavy (non-hydrogen) atoms. The zero-order valence-electron chi connectivity index (χ0n) is 17.0. The van der Waals surface area contributed by atoms with Gasteiger partial charge in [0.2, 0.25) is 5.95 Å². The number of carbonyl (C=O) groups excluding carboxylic acids is 1. The molecule has 7 nitrogen and oxygen atoms in total. The first kappa shape index (κ1) is 20.0. The van der Waals surface area contributed by atoms with Crippen LogP contribution in [0.5, 0.6) is 0 Å². The maximum absolute atomic E-state index is 12.8. The molecule has 2 aromatic rings. The van der Waals surface area contributed by atoms with Gasteiger partial charge in [-0.2, -0.15) is 4.98 Å². The van der Waals surface area contributed by atoms with Gasteiger partial charge in [0.1, 0.15) is 5.82 Å². The number of thioether (sulfide) groups is 1. The molecule has 0 spiro atoms. The maximum atomic E-state index is 12.8. The molecule has 0 unspecified atom stereocenters. The van der Waals surface area contributed by atoms with Crippen LogP contribution in [0.15, 0.2) is 35.2 Å². The van der Waals surface area contributed by atoms with Crippen LogP contribution in [0.4, 0.5) is 11.8 Å². The molecule has 1 amide bonds. The number of hydrogen-bond donors (Lipinski definition) is 0. The molecule has 2 fully saturated rings. The second kappa shape index (κ2) is 9.00. The van der Waals surface area contributed by atoms with E-state index in [0.717, 1.165) is 49.2 Å². The first-order valence-electron chi connectivity index (χ1n) is 10.0. The first-order chi connectivity index (χ1) is 14.1. The zero-order valence-corrected chi connectivity index (χ0v) is 17.8. The number of hydrogen-bond acceptors (Lipinski definition) is 7. The lowest BCUT2D eigenvalue weighted by atomic mass is 10.2. The summed E-state index contributed by atoms with van der Waals surface area (Å²) in [6.45, 7) is 8.00. The molecule has 2 aliphatic rings. The third kappa shape index (κ3) is 4.64. The molecule has 8 heteroatoms. The van der Waals surface area contributed by atoms with E-state index in [-0.39, 0.29) is 5.91 Å². The fourth-order valence-corrected chi connectivity index (χ4v) is 4.07. The van der Waals surface area contributed by atoms with Crippen LogP contribution in [-0.2, 0) is 4.74 Å². The highest BCUT2D eigenvalue weighted by Crippen LogP contribution is 2.21. The predicted molar refractivity (Wildman–Crippen MR) is 116 cm³/mol. The van der Waals surface area contributed by atoms with E-state index in [0.29, 0.717) is 26.3 Å². The Balaban J connectivity index is 1.41. The second-order valence-corrected chi connectivity index (χ2v) is 8.15. The van der Waals surface area contributed by atoms with Crippen molar-refractivity contribution in [3.8, 4) is 0 Å². The fraction of sp³-hybridized carbons (Fsp3) is 0.476. The summed E-state index contributed by atoms with van der Waals surface area (Å²) in [4.78, 5) is 29.8. The minimum absolute atomic E-state index is 0.102. The smallest absolute Gasteiger partial charge is 0.253 e. The molecule has 2 aliphatic heterocycles. The van der Waals surface area contributed by atoms with E-state index in [1.165, 1.54) is 4.90 Å². The van der Waals surface area contributed by atoms with Gasteiger partial charge in [0.25, 0.3) is 5.91 Å². The van der Waals surface area contributed by atoms with Gasteiger partial charge in [-0.15, -0.1) is 11.8 Å². The topological polar surface area (TPSA) is 61.8 Å². The molecule has 0 radical (unpaired) electrons. The number of carbonyl (C=O) groups is 1. The number of anilines is 2. The molecule has 0 saturated carbocycles. The van der Waals surface area contributed by atoms with Crippen molar-refractivity contribution in [3.63, 3.8) is 0 Å². The van der Waals surface area contributed by atoms with E-state index >= 15 is 0 Å². The highest BCUT2D eigenvalue weighted by atomic mass is 32.2. The van der Waals surface area contributed by atoms with Crippen LogP contribution >= 0.6 is 11.8 Å².